The molecule has 1 saturated heterocycles. The van der Waals surface area contributed by atoms with Gasteiger partial charge < -0.3 is 15.0 Å². The van der Waals surface area contributed by atoms with Crippen LogP contribution in [0.15, 0.2) is 30.5 Å². The second-order valence-electron chi connectivity index (χ2n) is 4.78. The van der Waals surface area contributed by atoms with E-state index in [1.807, 2.05) is 13.2 Å². The zero-order valence-corrected chi connectivity index (χ0v) is 11.2. The fourth-order valence-corrected chi connectivity index (χ4v) is 2.59. The Bertz CT molecular complexity index is 564. The Balaban J connectivity index is 2.07. The van der Waals surface area contributed by atoms with Crippen LogP contribution in [0.4, 0.5) is 5.82 Å². The van der Waals surface area contributed by atoms with E-state index in [9.17, 15) is 0 Å². The van der Waals surface area contributed by atoms with Crippen molar-refractivity contribution in [2.45, 2.75) is 6.54 Å². The van der Waals surface area contributed by atoms with Gasteiger partial charge in [-0.3, -0.25) is 0 Å². The molecule has 1 fully saturated rings. The van der Waals surface area contributed by atoms with E-state index < -0.39 is 0 Å². The first kappa shape index (κ1) is 12.4. The number of hydrogen-bond acceptors (Lipinski definition) is 4. The molecular weight excluding hydrogens is 238 g/mol. The molecule has 0 bridgehead atoms. The Morgan fingerprint density at radius 1 is 1.21 bits per heavy atom. The lowest BCUT2D eigenvalue weighted by Crippen LogP contribution is -2.36. The molecule has 0 aliphatic carbocycles. The lowest BCUT2D eigenvalue weighted by atomic mass is 10.1. The van der Waals surface area contributed by atoms with Crippen LogP contribution in [0.25, 0.3) is 10.8 Å². The molecule has 0 spiro atoms. The summed E-state index contributed by atoms with van der Waals surface area (Å²) < 4.78 is 5.42. The highest BCUT2D eigenvalue weighted by Crippen LogP contribution is 2.27. The lowest BCUT2D eigenvalue weighted by molar-refractivity contribution is 0.122. The smallest absolute Gasteiger partial charge is 0.136 e. The van der Waals surface area contributed by atoms with E-state index in [1.54, 1.807) is 0 Å². The van der Waals surface area contributed by atoms with Crippen molar-refractivity contribution in [3.63, 3.8) is 0 Å². The molecule has 2 aromatic rings. The molecule has 2 heterocycles. The number of rotatable bonds is 3. The zero-order valence-electron chi connectivity index (χ0n) is 11.2. The largest absolute Gasteiger partial charge is 0.378 e. The summed E-state index contributed by atoms with van der Waals surface area (Å²) in [5.74, 6) is 1.08. The van der Waals surface area contributed by atoms with E-state index in [4.69, 9.17) is 4.74 Å². The van der Waals surface area contributed by atoms with Gasteiger partial charge in [0.1, 0.15) is 5.82 Å². The summed E-state index contributed by atoms with van der Waals surface area (Å²) in [4.78, 5) is 6.99. The van der Waals surface area contributed by atoms with E-state index in [2.05, 4.69) is 39.5 Å². The predicted molar refractivity (Wildman–Crippen MR) is 77.5 cm³/mol. The highest BCUT2D eigenvalue weighted by molar-refractivity contribution is 5.94. The summed E-state index contributed by atoms with van der Waals surface area (Å²) in [6.45, 7) is 4.25. The van der Waals surface area contributed by atoms with E-state index in [1.165, 1.54) is 16.3 Å². The fourth-order valence-electron chi connectivity index (χ4n) is 2.59. The second-order valence-corrected chi connectivity index (χ2v) is 4.78. The first-order valence-corrected chi connectivity index (χ1v) is 6.74. The summed E-state index contributed by atoms with van der Waals surface area (Å²) in [5.41, 5.74) is 1.25. The van der Waals surface area contributed by atoms with Gasteiger partial charge in [0.25, 0.3) is 0 Å². The van der Waals surface area contributed by atoms with Crippen molar-refractivity contribution in [3.8, 4) is 0 Å². The third kappa shape index (κ3) is 2.41. The highest BCUT2D eigenvalue weighted by Gasteiger charge is 2.16. The van der Waals surface area contributed by atoms with Crippen LogP contribution in [-0.2, 0) is 11.3 Å². The minimum absolute atomic E-state index is 0.786. The Labute approximate surface area is 113 Å². The molecule has 19 heavy (non-hydrogen) atoms. The van der Waals surface area contributed by atoms with Gasteiger partial charge in [-0.15, -0.1) is 0 Å². The predicted octanol–water partition coefficient (Wildman–Crippen LogP) is 1.79. The van der Waals surface area contributed by atoms with Crippen LogP contribution in [0, 0.1) is 0 Å². The standard InChI is InChI=1S/C15H19N3O/c1-16-10-12-11-17-15(18-6-8-19-9-7-18)14-5-3-2-4-13(12)14/h2-5,11,16H,6-10H2,1H3. The zero-order chi connectivity index (χ0) is 13.1. The van der Waals surface area contributed by atoms with Gasteiger partial charge >= 0.3 is 0 Å². The number of morpholine rings is 1. The molecule has 1 aliphatic heterocycles. The van der Waals surface area contributed by atoms with Crippen molar-refractivity contribution in [3.05, 3.63) is 36.0 Å². The Kier molecular flexibility index (Phi) is 3.62. The molecule has 4 nitrogen and oxygen atoms in total. The number of anilines is 1. The summed E-state index contributed by atoms with van der Waals surface area (Å²) >= 11 is 0. The number of pyridine rings is 1. The number of nitrogens with one attached hydrogen (secondary N) is 1. The third-order valence-electron chi connectivity index (χ3n) is 3.53. The Hall–Kier alpha value is -1.65. The van der Waals surface area contributed by atoms with Gasteiger partial charge in [0.15, 0.2) is 0 Å². The summed E-state index contributed by atoms with van der Waals surface area (Å²) in [6.07, 6.45) is 1.99. The van der Waals surface area contributed by atoms with Gasteiger partial charge in [-0.1, -0.05) is 24.3 Å². The number of benzene rings is 1. The van der Waals surface area contributed by atoms with Gasteiger partial charge in [0, 0.05) is 31.2 Å². The average molecular weight is 257 g/mol. The highest BCUT2D eigenvalue weighted by atomic mass is 16.5. The minimum Gasteiger partial charge on any atom is -0.378 e. The van der Waals surface area contributed by atoms with Gasteiger partial charge in [-0.05, 0) is 18.0 Å². The Morgan fingerprint density at radius 3 is 2.68 bits per heavy atom. The molecule has 3 rings (SSSR count). The molecule has 1 aromatic heterocycles. The number of hydrogen-bond donors (Lipinski definition) is 1. The van der Waals surface area contributed by atoms with Crippen molar-refractivity contribution in [1.29, 1.82) is 0 Å². The maximum atomic E-state index is 5.42. The van der Waals surface area contributed by atoms with Gasteiger partial charge in [-0.25, -0.2) is 4.98 Å². The number of fused-ring (bicyclic) bond motifs is 1. The van der Waals surface area contributed by atoms with Crippen LogP contribution >= 0.6 is 0 Å². The first-order valence-electron chi connectivity index (χ1n) is 6.74. The van der Waals surface area contributed by atoms with Crippen LogP contribution in [0.2, 0.25) is 0 Å². The molecule has 1 N–H and O–H groups in total. The molecule has 0 unspecified atom stereocenters. The van der Waals surface area contributed by atoms with Gasteiger partial charge in [0.05, 0.1) is 13.2 Å². The van der Waals surface area contributed by atoms with Crippen LogP contribution in [-0.4, -0.2) is 38.3 Å². The van der Waals surface area contributed by atoms with Gasteiger partial charge in [0.2, 0.25) is 0 Å². The molecule has 4 heteroatoms. The fraction of sp³-hybridized carbons (Fsp3) is 0.400. The summed E-state index contributed by atoms with van der Waals surface area (Å²) in [6, 6.07) is 8.50. The number of ether oxygens (including phenoxy) is 1. The third-order valence-corrected chi connectivity index (χ3v) is 3.53. The first-order chi connectivity index (χ1) is 9.40. The lowest BCUT2D eigenvalue weighted by Gasteiger charge is -2.29. The minimum atomic E-state index is 0.786. The second kappa shape index (κ2) is 5.55. The maximum absolute atomic E-state index is 5.42. The maximum Gasteiger partial charge on any atom is 0.136 e. The molecule has 0 radical (unpaired) electrons. The summed E-state index contributed by atoms with van der Waals surface area (Å²) in [7, 11) is 1.96. The molecule has 0 amide bonds. The Morgan fingerprint density at radius 2 is 1.95 bits per heavy atom. The van der Waals surface area contributed by atoms with E-state index >= 15 is 0 Å². The summed E-state index contributed by atoms with van der Waals surface area (Å²) in [5, 5.41) is 5.72. The van der Waals surface area contributed by atoms with Gasteiger partial charge in [-0.2, -0.15) is 0 Å². The van der Waals surface area contributed by atoms with Crippen molar-refractivity contribution in [1.82, 2.24) is 10.3 Å². The SMILES string of the molecule is CNCc1cnc(N2CCOCC2)c2ccccc12. The monoisotopic (exact) mass is 257 g/mol. The van der Waals surface area contributed by atoms with Crippen LogP contribution < -0.4 is 10.2 Å². The topological polar surface area (TPSA) is 37.4 Å². The molecule has 0 saturated carbocycles. The van der Waals surface area contributed by atoms with Crippen molar-refractivity contribution >= 4 is 16.6 Å². The van der Waals surface area contributed by atoms with Crippen LogP contribution in [0.1, 0.15) is 5.56 Å². The van der Waals surface area contributed by atoms with Crippen molar-refractivity contribution in [2.75, 3.05) is 38.3 Å². The quantitative estimate of drug-likeness (QED) is 0.909. The molecule has 100 valence electrons. The van der Waals surface area contributed by atoms with E-state index in [-0.39, 0.29) is 0 Å². The molecular formula is C15H19N3O. The van der Waals surface area contributed by atoms with Crippen molar-refractivity contribution < 1.29 is 4.74 Å². The number of aromatic nitrogens is 1. The molecule has 1 aromatic carbocycles. The molecule has 0 atom stereocenters. The van der Waals surface area contributed by atoms with E-state index in [0.29, 0.717) is 0 Å². The van der Waals surface area contributed by atoms with Crippen LogP contribution in [0.3, 0.4) is 0 Å². The van der Waals surface area contributed by atoms with Crippen LogP contribution in [0.5, 0.6) is 0 Å². The average Bonchev–Trinajstić information content (AvgIpc) is 2.49. The molecule has 1 aliphatic rings. The number of nitrogens with zero attached hydrogens (tertiary/aromatic N) is 2. The normalized spacial score (nSPS) is 15.9. The van der Waals surface area contributed by atoms with E-state index in [0.717, 1.165) is 38.7 Å². The van der Waals surface area contributed by atoms with Crippen molar-refractivity contribution in [2.24, 2.45) is 0 Å².